The highest BCUT2D eigenvalue weighted by Gasteiger charge is 2.33. The molecule has 50 valence electrons. The van der Waals surface area contributed by atoms with E-state index in [1.54, 1.807) is 0 Å². The zero-order valence-corrected chi connectivity index (χ0v) is 5.88. The van der Waals surface area contributed by atoms with Crippen molar-refractivity contribution in [3.63, 3.8) is 0 Å². The van der Waals surface area contributed by atoms with Gasteiger partial charge in [-0.1, -0.05) is 6.92 Å². The summed E-state index contributed by atoms with van der Waals surface area (Å²) in [6.45, 7) is 2.34. The minimum atomic E-state index is 0.722. The highest BCUT2D eigenvalue weighted by Crippen LogP contribution is 2.37. The van der Waals surface area contributed by atoms with Crippen LogP contribution < -0.4 is 0 Å². The van der Waals surface area contributed by atoms with Crippen LogP contribution in [0.5, 0.6) is 0 Å². The third-order valence-corrected chi connectivity index (χ3v) is 2.60. The number of hydrogen-bond donors (Lipinski definition) is 0. The third-order valence-electron chi connectivity index (χ3n) is 2.60. The average Bonchev–Trinajstić information content (AvgIpc) is 2.22. The lowest BCUT2D eigenvalue weighted by molar-refractivity contribution is 0.524. The molecule has 0 aromatic rings. The third kappa shape index (κ3) is 0.790. The van der Waals surface area contributed by atoms with Gasteiger partial charge in [0.2, 0.25) is 0 Å². The molecular formula is C8H13N. The second-order valence-corrected chi connectivity index (χ2v) is 3.47. The molecule has 0 N–H and O–H groups in total. The predicted molar refractivity (Wildman–Crippen MR) is 38.8 cm³/mol. The maximum absolute atomic E-state index is 4.42. The summed E-state index contributed by atoms with van der Waals surface area (Å²) in [5.41, 5.74) is 0. The Morgan fingerprint density at radius 1 is 1.44 bits per heavy atom. The Hall–Kier alpha value is -0.330. The van der Waals surface area contributed by atoms with Crippen molar-refractivity contribution in [2.45, 2.75) is 32.2 Å². The molecule has 2 aliphatic rings. The molecule has 9 heavy (non-hydrogen) atoms. The van der Waals surface area contributed by atoms with Crippen LogP contribution >= 0.6 is 0 Å². The molecule has 1 fully saturated rings. The molecule has 1 nitrogen and oxygen atoms in total. The van der Waals surface area contributed by atoms with Crippen molar-refractivity contribution in [1.82, 2.24) is 0 Å². The number of aliphatic imine (C=N–C) groups is 1. The zero-order chi connectivity index (χ0) is 6.27. The van der Waals surface area contributed by atoms with E-state index in [-0.39, 0.29) is 0 Å². The molecule has 1 aliphatic carbocycles. The monoisotopic (exact) mass is 123 g/mol. The topological polar surface area (TPSA) is 12.4 Å². The Morgan fingerprint density at radius 2 is 2.33 bits per heavy atom. The molecule has 2 rings (SSSR count). The van der Waals surface area contributed by atoms with Crippen LogP contribution in [0.25, 0.3) is 0 Å². The average molecular weight is 123 g/mol. The maximum Gasteiger partial charge on any atom is 0.0530 e. The van der Waals surface area contributed by atoms with Crippen LogP contribution in [0.3, 0.4) is 0 Å². The largest absolute Gasteiger partial charge is 0.294 e. The van der Waals surface area contributed by atoms with Gasteiger partial charge in [0, 0.05) is 0 Å². The summed E-state index contributed by atoms with van der Waals surface area (Å²) in [7, 11) is 0. The van der Waals surface area contributed by atoms with E-state index in [0.717, 1.165) is 17.9 Å². The van der Waals surface area contributed by atoms with E-state index in [1.165, 1.54) is 19.3 Å². The summed E-state index contributed by atoms with van der Waals surface area (Å²) in [4.78, 5) is 4.42. The molecule has 0 aromatic heterocycles. The van der Waals surface area contributed by atoms with Crippen LogP contribution in [0.4, 0.5) is 0 Å². The molecule has 0 aromatic carbocycles. The van der Waals surface area contributed by atoms with Crippen LogP contribution in [-0.4, -0.2) is 12.3 Å². The van der Waals surface area contributed by atoms with E-state index in [4.69, 9.17) is 0 Å². The lowest BCUT2D eigenvalue weighted by Gasteiger charge is -2.02. The van der Waals surface area contributed by atoms with E-state index in [0.29, 0.717) is 0 Å². The van der Waals surface area contributed by atoms with Crippen LogP contribution in [0.15, 0.2) is 4.99 Å². The van der Waals surface area contributed by atoms with Gasteiger partial charge >= 0.3 is 0 Å². The van der Waals surface area contributed by atoms with Crippen LogP contribution in [-0.2, 0) is 0 Å². The number of rotatable bonds is 0. The molecule has 0 radical (unpaired) electrons. The minimum absolute atomic E-state index is 0.722. The summed E-state index contributed by atoms with van der Waals surface area (Å²) in [6.07, 6.45) is 6.14. The molecule has 0 saturated heterocycles. The highest BCUT2D eigenvalue weighted by molar-refractivity contribution is 5.60. The lowest BCUT2D eigenvalue weighted by Crippen LogP contribution is -2.03. The van der Waals surface area contributed by atoms with Gasteiger partial charge in [0.15, 0.2) is 0 Å². The van der Waals surface area contributed by atoms with Gasteiger partial charge in [0.1, 0.15) is 0 Å². The van der Waals surface area contributed by atoms with Gasteiger partial charge in [-0.25, -0.2) is 0 Å². The Balaban J connectivity index is 2.08. The summed E-state index contributed by atoms with van der Waals surface area (Å²) in [5.74, 6) is 1.87. The first-order valence-electron chi connectivity index (χ1n) is 3.88. The lowest BCUT2D eigenvalue weighted by atomic mass is 10.0. The normalized spacial score (nSPS) is 47.9. The van der Waals surface area contributed by atoms with Crippen LogP contribution in [0.1, 0.15) is 26.2 Å². The fraction of sp³-hybridized carbons (Fsp3) is 0.875. The van der Waals surface area contributed by atoms with Gasteiger partial charge in [-0.3, -0.25) is 4.99 Å². The molecule has 1 heteroatoms. The molecule has 1 heterocycles. The molecule has 1 saturated carbocycles. The van der Waals surface area contributed by atoms with E-state index >= 15 is 0 Å². The SMILES string of the molecule is CC1CC2CC=NC2C1. The smallest absolute Gasteiger partial charge is 0.0530 e. The van der Waals surface area contributed by atoms with Gasteiger partial charge in [-0.2, -0.15) is 0 Å². The van der Waals surface area contributed by atoms with Gasteiger partial charge in [0.25, 0.3) is 0 Å². The van der Waals surface area contributed by atoms with E-state index < -0.39 is 0 Å². The Kier molecular flexibility index (Phi) is 1.11. The van der Waals surface area contributed by atoms with Crippen molar-refractivity contribution in [3.8, 4) is 0 Å². The second kappa shape index (κ2) is 1.83. The Morgan fingerprint density at radius 3 is 3.11 bits per heavy atom. The molecule has 3 unspecified atom stereocenters. The van der Waals surface area contributed by atoms with Crippen molar-refractivity contribution in [1.29, 1.82) is 0 Å². The fourth-order valence-corrected chi connectivity index (χ4v) is 2.14. The van der Waals surface area contributed by atoms with E-state index in [1.807, 2.05) is 0 Å². The number of nitrogens with zero attached hydrogens (tertiary/aromatic N) is 1. The summed E-state index contributed by atoms with van der Waals surface area (Å²) >= 11 is 0. The van der Waals surface area contributed by atoms with Crippen molar-refractivity contribution >= 4 is 6.21 Å². The fourth-order valence-electron chi connectivity index (χ4n) is 2.14. The molecule has 3 atom stereocenters. The summed E-state index contributed by atoms with van der Waals surface area (Å²) in [5, 5.41) is 0. The van der Waals surface area contributed by atoms with Crippen molar-refractivity contribution in [2.24, 2.45) is 16.8 Å². The van der Waals surface area contributed by atoms with Crippen molar-refractivity contribution < 1.29 is 0 Å². The summed E-state index contributed by atoms with van der Waals surface area (Å²) in [6, 6.07) is 0.722. The standard InChI is InChI=1S/C8H13N/c1-6-4-7-2-3-9-8(7)5-6/h3,6-8H,2,4-5H2,1H3. The van der Waals surface area contributed by atoms with Gasteiger partial charge in [-0.05, 0) is 37.3 Å². The quantitative estimate of drug-likeness (QED) is 0.466. The molecule has 0 spiro atoms. The van der Waals surface area contributed by atoms with E-state index in [2.05, 4.69) is 18.1 Å². The second-order valence-electron chi connectivity index (χ2n) is 3.47. The summed E-state index contributed by atoms with van der Waals surface area (Å²) < 4.78 is 0. The number of hydrogen-bond acceptors (Lipinski definition) is 1. The van der Waals surface area contributed by atoms with Crippen LogP contribution in [0.2, 0.25) is 0 Å². The first-order chi connectivity index (χ1) is 4.36. The number of fused-ring (bicyclic) bond motifs is 1. The minimum Gasteiger partial charge on any atom is -0.294 e. The highest BCUT2D eigenvalue weighted by atomic mass is 14.8. The van der Waals surface area contributed by atoms with Crippen molar-refractivity contribution in [2.75, 3.05) is 0 Å². The van der Waals surface area contributed by atoms with Gasteiger partial charge in [-0.15, -0.1) is 0 Å². The molecule has 1 aliphatic heterocycles. The van der Waals surface area contributed by atoms with Gasteiger partial charge < -0.3 is 0 Å². The van der Waals surface area contributed by atoms with E-state index in [9.17, 15) is 0 Å². The molecule has 0 bridgehead atoms. The molecule has 0 amide bonds. The maximum atomic E-state index is 4.42. The Bertz CT molecular complexity index is 140. The van der Waals surface area contributed by atoms with Crippen molar-refractivity contribution in [3.05, 3.63) is 0 Å². The zero-order valence-electron chi connectivity index (χ0n) is 5.88. The van der Waals surface area contributed by atoms with Crippen LogP contribution in [0, 0.1) is 11.8 Å². The molecular weight excluding hydrogens is 110 g/mol. The van der Waals surface area contributed by atoms with Gasteiger partial charge in [0.05, 0.1) is 6.04 Å². The first-order valence-corrected chi connectivity index (χ1v) is 3.88. The first kappa shape index (κ1) is 5.45. The predicted octanol–water partition coefficient (Wildman–Crippen LogP) is 1.88. The Labute approximate surface area is 56.2 Å².